The smallest absolute Gasteiger partial charge is 0.224 e. The van der Waals surface area contributed by atoms with Crippen LogP contribution in [0.1, 0.15) is 30.9 Å². The first-order valence-electron chi connectivity index (χ1n) is 9.53. The zero-order valence-electron chi connectivity index (χ0n) is 16.6. The third-order valence-corrected chi connectivity index (χ3v) is 5.35. The van der Waals surface area contributed by atoms with Crippen LogP contribution in [0.4, 0.5) is 10.1 Å². The van der Waals surface area contributed by atoms with Gasteiger partial charge >= 0.3 is 0 Å². The second kappa shape index (κ2) is 8.61. The summed E-state index contributed by atoms with van der Waals surface area (Å²) in [5, 5.41) is 9.73. The van der Waals surface area contributed by atoms with Crippen LogP contribution in [0.5, 0.6) is 11.5 Å². The quantitative estimate of drug-likeness (QED) is 0.848. The molecule has 0 aromatic heterocycles. The summed E-state index contributed by atoms with van der Waals surface area (Å²) < 4.78 is 19.2. The number of phenols is 1. The first-order chi connectivity index (χ1) is 13.4. The minimum atomic E-state index is -0.289. The number of anilines is 1. The Balaban J connectivity index is 1.66. The number of methoxy groups -OCH3 is 1. The molecule has 0 saturated carbocycles. The van der Waals surface area contributed by atoms with Crippen LogP contribution < -0.4 is 9.64 Å². The van der Waals surface area contributed by atoms with Gasteiger partial charge in [0.15, 0.2) is 11.5 Å². The highest BCUT2D eigenvalue weighted by Crippen LogP contribution is 2.29. The van der Waals surface area contributed by atoms with E-state index < -0.39 is 0 Å². The Hall–Kier alpha value is -2.60. The molecule has 0 aliphatic carbocycles. The number of hydrogen-bond acceptors (Lipinski definition) is 4. The van der Waals surface area contributed by atoms with Crippen LogP contribution in [-0.4, -0.2) is 42.2 Å². The van der Waals surface area contributed by atoms with E-state index in [9.17, 15) is 14.3 Å². The summed E-state index contributed by atoms with van der Waals surface area (Å²) in [5.74, 6) is 0.247. The lowest BCUT2D eigenvalue weighted by Gasteiger charge is -2.38. The van der Waals surface area contributed by atoms with Gasteiger partial charge in [0.2, 0.25) is 5.91 Å². The molecular weight excluding hydrogens is 359 g/mol. The number of rotatable bonds is 5. The van der Waals surface area contributed by atoms with Gasteiger partial charge in [-0.15, -0.1) is 0 Å². The van der Waals surface area contributed by atoms with Crippen molar-refractivity contribution in [1.29, 1.82) is 0 Å². The van der Waals surface area contributed by atoms with Crippen LogP contribution in [0.2, 0.25) is 0 Å². The van der Waals surface area contributed by atoms with Crippen molar-refractivity contribution in [2.45, 2.75) is 39.3 Å². The van der Waals surface area contributed by atoms with E-state index >= 15 is 0 Å². The fraction of sp³-hybridized carbons (Fsp3) is 0.409. The number of hydrogen-bond donors (Lipinski definition) is 1. The Kier molecular flexibility index (Phi) is 6.19. The highest BCUT2D eigenvalue weighted by Gasteiger charge is 2.28. The number of amides is 1. The van der Waals surface area contributed by atoms with Crippen molar-refractivity contribution in [3.63, 3.8) is 0 Å². The lowest BCUT2D eigenvalue weighted by atomic mass is 10.0. The van der Waals surface area contributed by atoms with E-state index in [1.807, 2.05) is 18.2 Å². The van der Waals surface area contributed by atoms with Gasteiger partial charge in [-0.2, -0.15) is 0 Å². The molecule has 6 heteroatoms. The summed E-state index contributed by atoms with van der Waals surface area (Å²) in [6.45, 7) is 5.68. The fourth-order valence-electron chi connectivity index (χ4n) is 3.80. The summed E-state index contributed by atoms with van der Waals surface area (Å²) in [7, 11) is 1.54. The number of aryl methyl sites for hydroxylation is 1. The largest absolute Gasteiger partial charge is 0.504 e. The molecule has 1 N–H and O–H groups in total. The van der Waals surface area contributed by atoms with Crippen LogP contribution in [-0.2, 0) is 11.3 Å². The molecule has 28 heavy (non-hydrogen) atoms. The van der Waals surface area contributed by atoms with Crippen molar-refractivity contribution in [3.05, 3.63) is 53.3 Å². The molecule has 1 aliphatic rings. The van der Waals surface area contributed by atoms with Crippen LogP contribution in [0.3, 0.4) is 0 Å². The predicted octanol–water partition coefficient (Wildman–Crippen LogP) is 3.87. The van der Waals surface area contributed by atoms with Gasteiger partial charge in [-0.05, 0) is 55.2 Å². The van der Waals surface area contributed by atoms with Gasteiger partial charge in [-0.1, -0.05) is 12.1 Å². The maximum absolute atomic E-state index is 14.0. The summed E-state index contributed by atoms with van der Waals surface area (Å²) in [5.41, 5.74) is 2.26. The predicted molar refractivity (Wildman–Crippen MR) is 107 cm³/mol. The first-order valence-corrected chi connectivity index (χ1v) is 9.53. The molecule has 0 spiro atoms. The number of carbonyl (C=O) groups is 1. The van der Waals surface area contributed by atoms with Gasteiger partial charge < -0.3 is 14.7 Å². The van der Waals surface area contributed by atoms with E-state index in [0.717, 1.165) is 38.0 Å². The van der Waals surface area contributed by atoms with Gasteiger partial charge in [0.05, 0.1) is 7.11 Å². The van der Waals surface area contributed by atoms with Crippen LogP contribution in [0.15, 0.2) is 36.4 Å². The number of likely N-dealkylation sites (tertiary alicyclic amines) is 1. The minimum absolute atomic E-state index is 0.0604. The summed E-state index contributed by atoms with van der Waals surface area (Å²) in [4.78, 5) is 16.3. The van der Waals surface area contributed by atoms with Gasteiger partial charge in [0, 0.05) is 38.3 Å². The first kappa shape index (κ1) is 20.1. The number of phenolic OH excluding ortho intramolecular Hbond substituents is 1. The number of ether oxygens (including phenoxy) is 1. The van der Waals surface area contributed by atoms with E-state index in [4.69, 9.17) is 4.74 Å². The second-order valence-corrected chi connectivity index (χ2v) is 7.34. The fourth-order valence-corrected chi connectivity index (χ4v) is 3.80. The number of carbonyl (C=O) groups excluding carboxylic acids is 1. The summed E-state index contributed by atoms with van der Waals surface area (Å²) in [6, 6.07) is 10.4. The number of benzene rings is 2. The van der Waals surface area contributed by atoms with Crippen molar-refractivity contribution in [2.24, 2.45) is 0 Å². The minimum Gasteiger partial charge on any atom is -0.504 e. The van der Waals surface area contributed by atoms with E-state index in [0.29, 0.717) is 17.0 Å². The number of aromatic hydroxyl groups is 1. The molecule has 1 fully saturated rings. The molecule has 1 amide bonds. The Morgan fingerprint density at radius 3 is 2.57 bits per heavy atom. The van der Waals surface area contributed by atoms with Crippen molar-refractivity contribution in [3.8, 4) is 11.5 Å². The topological polar surface area (TPSA) is 53.0 Å². The molecule has 2 aromatic rings. The summed E-state index contributed by atoms with van der Waals surface area (Å²) in [6.07, 6.45) is 1.65. The van der Waals surface area contributed by atoms with Gasteiger partial charge in [-0.3, -0.25) is 9.69 Å². The second-order valence-electron chi connectivity index (χ2n) is 7.34. The zero-order chi connectivity index (χ0) is 20.3. The van der Waals surface area contributed by atoms with E-state index in [1.165, 1.54) is 20.1 Å². The molecule has 3 rings (SSSR count). The number of nitrogens with zero attached hydrogens (tertiary/aromatic N) is 2. The van der Waals surface area contributed by atoms with Crippen molar-refractivity contribution in [1.82, 2.24) is 4.90 Å². The lowest BCUT2D eigenvalue weighted by Crippen LogP contribution is -2.46. The average Bonchev–Trinajstić information content (AvgIpc) is 2.67. The van der Waals surface area contributed by atoms with Crippen molar-refractivity contribution < 1.29 is 19.0 Å². The molecule has 1 aliphatic heterocycles. The monoisotopic (exact) mass is 386 g/mol. The Morgan fingerprint density at radius 2 is 1.96 bits per heavy atom. The molecule has 1 heterocycles. The molecule has 5 nitrogen and oxygen atoms in total. The van der Waals surface area contributed by atoms with Crippen LogP contribution >= 0.6 is 0 Å². The lowest BCUT2D eigenvalue weighted by molar-refractivity contribution is -0.117. The van der Waals surface area contributed by atoms with Crippen LogP contribution in [0.25, 0.3) is 0 Å². The Labute approximate surface area is 165 Å². The number of halogens is 1. The highest BCUT2D eigenvalue weighted by atomic mass is 19.1. The molecular formula is C22H27FN2O3. The maximum Gasteiger partial charge on any atom is 0.224 e. The van der Waals surface area contributed by atoms with E-state index in [-0.39, 0.29) is 23.5 Å². The Bertz CT molecular complexity index is 848. The molecule has 0 atom stereocenters. The third kappa shape index (κ3) is 4.44. The van der Waals surface area contributed by atoms with E-state index in [2.05, 4.69) is 4.90 Å². The molecule has 150 valence electrons. The van der Waals surface area contributed by atoms with Gasteiger partial charge in [0.1, 0.15) is 5.82 Å². The Morgan fingerprint density at radius 1 is 1.25 bits per heavy atom. The van der Waals surface area contributed by atoms with E-state index in [1.54, 1.807) is 24.0 Å². The standard InChI is InChI=1S/C22H27FN2O3/c1-15-4-6-19(13-20(15)23)25(16(2)26)18-8-10-24(11-9-18)14-17-5-7-21(27)22(12-17)28-3/h4-7,12-13,18,27H,8-11,14H2,1-3H3. The SMILES string of the molecule is COc1cc(CN2CCC(N(C(C)=O)c3ccc(C)c(F)c3)CC2)ccc1O. The molecule has 0 bridgehead atoms. The summed E-state index contributed by atoms with van der Waals surface area (Å²) >= 11 is 0. The molecule has 0 unspecified atom stereocenters. The number of piperidine rings is 1. The highest BCUT2D eigenvalue weighted by molar-refractivity contribution is 5.92. The molecule has 1 saturated heterocycles. The van der Waals surface area contributed by atoms with Crippen molar-refractivity contribution >= 4 is 11.6 Å². The van der Waals surface area contributed by atoms with Crippen molar-refractivity contribution in [2.75, 3.05) is 25.1 Å². The third-order valence-electron chi connectivity index (χ3n) is 5.35. The maximum atomic E-state index is 14.0. The molecule has 0 radical (unpaired) electrons. The average molecular weight is 386 g/mol. The van der Waals surface area contributed by atoms with Gasteiger partial charge in [0.25, 0.3) is 0 Å². The molecule has 2 aromatic carbocycles. The normalized spacial score (nSPS) is 15.4. The van der Waals surface area contributed by atoms with Gasteiger partial charge in [-0.25, -0.2) is 4.39 Å². The van der Waals surface area contributed by atoms with Crippen LogP contribution in [0, 0.1) is 12.7 Å². The zero-order valence-corrected chi connectivity index (χ0v) is 16.6.